The number of rotatable bonds is 7. The zero-order chi connectivity index (χ0) is 21.6. The van der Waals surface area contributed by atoms with Gasteiger partial charge in [-0.05, 0) is 61.2 Å². The van der Waals surface area contributed by atoms with Crippen LogP contribution in [0.3, 0.4) is 0 Å². The first-order chi connectivity index (χ1) is 15.1. The summed E-state index contributed by atoms with van der Waals surface area (Å²) in [4.78, 5) is 25.4. The highest BCUT2D eigenvalue weighted by atomic mass is 16.5. The van der Waals surface area contributed by atoms with Crippen LogP contribution in [-0.2, 0) is 11.3 Å². The Balaban J connectivity index is 1.42. The van der Waals surface area contributed by atoms with Crippen molar-refractivity contribution in [1.82, 2.24) is 15.1 Å². The minimum atomic E-state index is -0.220. The maximum atomic E-state index is 12.9. The Morgan fingerprint density at radius 3 is 2.77 bits per heavy atom. The van der Waals surface area contributed by atoms with Crippen molar-refractivity contribution in [1.29, 1.82) is 0 Å². The van der Waals surface area contributed by atoms with Gasteiger partial charge in [0.2, 0.25) is 0 Å². The van der Waals surface area contributed by atoms with Crippen molar-refractivity contribution in [3.8, 4) is 0 Å². The van der Waals surface area contributed by atoms with Gasteiger partial charge in [0.15, 0.2) is 0 Å². The van der Waals surface area contributed by atoms with Gasteiger partial charge >= 0.3 is 0 Å². The molecule has 160 valence electrons. The third-order valence-corrected chi connectivity index (χ3v) is 5.36. The summed E-state index contributed by atoms with van der Waals surface area (Å²) < 4.78 is 7.35. The summed E-state index contributed by atoms with van der Waals surface area (Å²) in [6.45, 7) is 3.74. The van der Waals surface area contributed by atoms with Gasteiger partial charge in [-0.1, -0.05) is 18.2 Å². The molecule has 0 bridgehead atoms. The summed E-state index contributed by atoms with van der Waals surface area (Å²) in [5, 5.41) is 10.1. The maximum Gasteiger partial charge on any atom is 0.255 e. The highest BCUT2D eigenvalue weighted by molar-refractivity contribution is 6.05. The number of hydrogen-bond acceptors (Lipinski definition) is 4. The molecule has 7 nitrogen and oxygen atoms in total. The first kappa shape index (κ1) is 20.8. The van der Waals surface area contributed by atoms with E-state index in [2.05, 4.69) is 15.7 Å². The van der Waals surface area contributed by atoms with E-state index in [1.807, 2.05) is 43.5 Å². The number of nitrogens with zero attached hydrogens (tertiary/aromatic N) is 2. The molecule has 7 heteroatoms. The van der Waals surface area contributed by atoms with Gasteiger partial charge in [-0.15, -0.1) is 0 Å². The molecule has 0 saturated carbocycles. The number of anilines is 1. The van der Waals surface area contributed by atoms with Crippen LogP contribution < -0.4 is 10.6 Å². The molecule has 2 heterocycles. The van der Waals surface area contributed by atoms with E-state index in [4.69, 9.17) is 4.74 Å². The number of aromatic nitrogens is 2. The Labute approximate surface area is 181 Å². The third-order valence-electron chi connectivity index (χ3n) is 5.36. The van der Waals surface area contributed by atoms with Crippen LogP contribution in [0.5, 0.6) is 0 Å². The second kappa shape index (κ2) is 9.57. The Morgan fingerprint density at radius 1 is 1.13 bits per heavy atom. The average Bonchev–Trinajstić information content (AvgIpc) is 3.48. The summed E-state index contributed by atoms with van der Waals surface area (Å²) in [5.41, 5.74) is 3.54. The summed E-state index contributed by atoms with van der Waals surface area (Å²) in [6.07, 6.45) is 5.69. The molecule has 2 N–H and O–H groups in total. The van der Waals surface area contributed by atoms with Crippen molar-refractivity contribution < 1.29 is 14.3 Å². The van der Waals surface area contributed by atoms with Gasteiger partial charge in [-0.2, -0.15) is 5.10 Å². The van der Waals surface area contributed by atoms with E-state index in [-0.39, 0.29) is 17.9 Å². The first-order valence-corrected chi connectivity index (χ1v) is 10.5. The second-order valence-corrected chi connectivity index (χ2v) is 7.73. The summed E-state index contributed by atoms with van der Waals surface area (Å²) in [6, 6.07) is 14.6. The Morgan fingerprint density at radius 2 is 2.00 bits per heavy atom. The molecule has 1 atom stereocenters. The number of nitrogens with one attached hydrogen (secondary N) is 2. The molecule has 1 aliphatic heterocycles. The topological polar surface area (TPSA) is 85.3 Å². The van der Waals surface area contributed by atoms with Gasteiger partial charge in [-0.3, -0.25) is 14.3 Å². The van der Waals surface area contributed by atoms with Gasteiger partial charge in [-0.25, -0.2) is 0 Å². The van der Waals surface area contributed by atoms with Crippen LogP contribution in [0.2, 0.25) is 0 Å². The highest BCUT2D eigenvalue weighted by Gasteiger charge is 2.17. The predicted molar refractivity (Wildman–Crippen MR) is 118 cm³/mol. The monoisotopic (exact) mass is 418 g/mol. The van der Waals surface area contributed by atoms with Crippen molar-refractivity contribution in [2.24, 2.45) is 0 Å². The fourth-order valence-corrected chi connectivity index (χ4v) is 3.60. The van der Waals surface area contributed by atoms with E-state index in [9.17, 15) is 9.59 Å². The first-order valence-electron chi connectivity index (χ1n) is 10.5. The largest absolute Gasteiger partial charge is 0.376 e. The molecular weight excluding hydrogens is 392 g/mol. The van der Waals surface area contributed by atoms with Crippen LogP contribution in [0.4, 0.5) is 5.69 Å². The SMILES string of the molecule is Cc1ccc(C(=O)NCC2CCCO2)cc1NC(=O)c1cccc(Cn2cccn2)c1. The van der Waals surface area contributed by atoms with E-state index < -0.39 is 0 Å². The molecule has 0 radical (unpaired) electrons. The number of carbonyl (C=O) groups excluding carboxylic acids is 2. The Hall–Kier alpha value is -3.45. The Kier molecular flexibility index (Phi) is 6.43. The number of carbonyl (C=O) groups is 2. The van der Waals surface area contributed by atoms with Gasteiger partial charge in [0.05, 0.1) is 12.6 Å². The zero-order valence-corrected chi connectivity index (χ0v) is 17.5. The molecule has 31 heavy (non-hydrogen) atoms. The van der Waals surface area contributed by atoms with E-state index in [1.54, 1.807) is 29.1 Å². The quantitative estimate of drug-likeness (QED) is 0.616. The van der Waals surface area contributed by atoms with E-state index in [0.29, 0.717) is 29.9 Å². The number of amides is 2. The fourth-order valence-electron chi connectivity index (χ4n) is 3.60. The number of benzene rings is 2. The lowest BCUT2D eigenvalue weighted by Gasteiger charge is -2.13. The van der Waals surface area contributed by atoms with Crippen molar-refractivity contribution in [2.75, 3.05) is 18.5 Å². The van der Waals surface area contributed by atoms with Crippen LogP contribution in [0.1, 0.15) is 44.7 Å². The number of ether oxygens (including phenoxy) is 1. The average molecular weight is 418 g/mol. The van der Waals surface area contributed by atoms with Crippen LogP contribution in [0.15, 0.2) is 60.9 Å². The Bertz CT molecular complexity index is 1060. The molecule has 0 aliphatic carbocycles. The molecule has 1 unspecified atom stereocenters. The lowest BCUT2D eigenvalue weighted by molar-refractivity contribution is 0.0857. The number of hydrogen-bond donors (Lipinski definition) is 2. The highest BCUT2D eigenvalue weighted by Crippen LogP contribution is 2.19. The van der Waals surface area contributed by atoms with Gasteiger partial charge in [0.25, 0.3) is 11.8 Å². The molecule has 3 aromatic rings. The van der Waals surface area contributed by atoms with Crippen molar-refractivity contribution in [2.45, 2.75) is 32.4 Å². The van der Waals surface area contributed by atoms with Gasteiger partial charge in [0, 0.05) is 42.4 Å². The molecule has 1 fully saturated rings. The molecule has 2 amide bonds. The van der Waals surface area contributed by atoms with E-state index in [1.165, 1.54) is 0 Å². The van der Waals surface area contributed by atoms with Crippen molar-refractivity contribution in [3.05, 3.63) is 83.2 Å². The summed E-state index contributed by atoms with van der Waals surface area (Å²) in [5.74, 6) is -0.394. The predicted octanol–water partition coefficient (Wildman–Crippen LogP) is 3.40. The molecule has 0 spiro atoms. The van der Waals surface area contributed by atoms with E-state index in [0.717, 1.165) is 30.6 Å². The van der Waals surface area contributed by atoms with Crippen LogP contribution in [0, 0.1) is 6.92 Å². The molecule has 2 aromatic carbocycles. The number of aryl methyl sites for hydroxylation is 1. The van der Waals surface area contributed by atoms with Crippen molar-refractivity contribution in [3.63, 3.8) is 0 Å². The summed E-state index contributed by atoms with van der Waals surface area (Å²) >= 11 is 0. The summed E-state index contributed by atoms with van der Waals surface area (Å²) in [7, 11) is 0. The molecule has 1 aliphatic rings. The normalized spacial score (nSPS) is 15.6. The van der Waals surface area contributed by atoms with Crippen LogP contribution in [-0.4, -0.2) is 40.9 Å². The molecule has 1 saturated heterocycles. The van der Waals surface area contributed by atoms with Crippen LogP contribution >= 0.6 is 0 Å². The maximum absolute atomic E-state index is 12.9. The fraction of sp³-hybridized carbons (Fsp3) is 0.292. The molecule has 1 aromatic heterocycles. The van der Waals surface area contributed by atoms with Crippen molar-refractivity contribution >= 4 is 17.5 Å². The van der Waals surface area contributed by atoms with Gasteiger partial charge in [0.1, 0.15) is 0 Å². The van der Waals surface area contributed by atoms with Crippen LogP contribution in [0.25, 0.3) is 0 Å². The smallest absolute Gasteiger partial charge is 0.255 e. The minimum absolute atomic E-state index is 0.0857. The molecule has 4 rings (SSSR count). The second-order valence-electron chi connectivity index (χ2n) is 7.73. The minimum Gasteiger partial charge on any atom is -0.376 e. The lowest BCUT2D eigenvalue weighted by Crippen LogP contribution is -2.31. The lowest BCUT2D eigenvalue weighted by atomic mass is 10.1. The third kappa shape index (κ3) is 5.38. The van der Waals surface area contributed by atoms with E-state index >= 15 is 0 Å². The molecular formula is C24H26N4O3. The van der Waals surface area contributed by atoms with Gasteiger partial charge < -0.3 is 15.4 Å². The standard InChI is InChI=1S/C24H26N4O3/c1-17-8-9-20(23(29)25-15-21-7-3-12-31-21)14-22(17)27-24(30)19-6-2-5-18(13-19)16-28-11-4-10-26-28/h2,4-6,8-11,13-14,21H,3,7,12,15-16H2,1H3,(H,25,29)(H,27,30). The zero-order valence-electron chi connectivity index (χ0n) is 17.5.